The number of amides is 3. The molecule has 1 saturated heterocycles. The first kappa shape index (κ1) is 23.3. The van der Waals surface area contributed by atoms with E-state index in [1.165, 1.54) is 0 Å². The molecule has 0 aliphatic carbocycles. The molecule has 1 heterocycles. The van der Waals surface area contributed by atoms with Crippen molar-refractivity contribution in [2.45, 2.75) is 39.0 Å². The van der Waals surface area contributed by atoms with Gasteiger partial charge in [0, 0.05) is 16.9 Å². The van der Waals surface area contributed by atoms with Crippen LogP contribution in [0.1, 0.15) is 39.0 Å². The molecule has 1 aromatic rings. The lowest BCUT2D eigenvalue weighted by atomic mass is 9.96. The van der Waals surface area contributed by atoms with Gasteiger partial charge in [0.25, 0.3) is 0 Å². The van der Waals surface area contributed by atoms with Crippen molar-refractivity contribution in [1.29, 1.82) is 0 Å². The number of carbonyl (C=O) groups excluding carboxylic acids is 3. The summed E-state index contributed by atoms with van der Waals surface area (Å²) in [6.45, 7) is 4.48. The quantitative estimate of drug-likeness (QED) is 0.462. The number of benzene rings is 1. The summed E-state index contributed by atoms with van der Waals surface area (Å²) in [5, 5.41) is 8.42. The van der Waals surface area contributed by atoms with Crippen LogP contribution in [0.25, 0.3) is 0 Å². The number of likely N-dealkylation sites (tertiary alicyclic amines) is 1. The Morgan fingerprint density at radius 3 is 2.48 bits per heavy atom. The molecule has 0 bridgehead atoms. The Balaban J connectivity index is 1.62. The Morgan fingerprint density at radius 2 is 1.79 bits per heavy atom. The number of halogens is 1. The minimum atomic E-state index is -0.274. The molecule has 0 saturated carbocycles. The molecule has 29 heavy (non-hydrogen) atoms. The Hall–Kier alpha value is -1.93. The Labute approximate surface area is 181 Å². The van der Waals surface area contributed by atoms with Gasteiger partial charge in [0.1, 0.15) is 0 Å². The van der Waals surface area contributed by atoms with Gasteiger partial charge in [0.2, 0.25) is 17.7 Å². The van der Waals surface area contributed by atoms with Gasteiger partial charge >= 0.3 is 0 Å². The number of nitrogens with zero attached hydrogens (tertiary/aromatic N) is 1. The van der Waals surface area contributed by atoms with E-state index in [9.17, 15) is 14.4 Å². The third kappa shape index (κ3) is 8.53. The second-order valence-electron chi connectivity index (χ2n) is 7.35. The SMILES string of the molecule is CCCCCNC(=O)C1CCN(CC(=O)NCC(=O)Nc2ccccc2Br)CC1. The van der Waals surface area contributed by atoms with Gasteiger partial charge in [0.15, 0.2) is 0 Å². The molecule has 0 atom stereocenters. The van der Waals surface area contributed by atoms with Crippen molar-refractivity contribution in [3.05, 3.63) is 28.7 Å². The van der Waals surface area contributed by atoms with Gasteiger partial charge in [-0.25, -0.2) is 0 Å². The van der Waals surface area contributed by atoms with Crippen molar-refractivity contribution < 1.29 is 14.4 Å². The molecule has 1 aromatic carbocycles. The van der Waals surface area contributed by atoms with Gasteiger partial charge < -0.3 is 16.0 Å². The van der Waals surface area contributed by atoms with Gasteiger partial charge in [-0.15, -0.1) is 0 Å². The molecule has 0 unspecified atom stereocenters. The normalized spacial score (nSPS) is 15.0. The van der Waals surface area contributed by atoms with Gasteiger partial charge in [-0.05, 0) is 60.4 Å². The van der Waals surface area contributed by atoms with E-state index >= 15 is 0 Å². The van der Waals surface area contributed by atoms with Crippen LogP contribution in [0.2, 0.25) is 0 Å². The van der Waals surface area contributed by atoms with E-state index < -0.39 is 0 Å². The van der Waals surface area contributed by atoms with Gasteiger partial charge in [-0.1, -0.05) is 31.9 Å². The Morgan fingerprint density at radius 1 is 1.07 bits per heavy atom. The maximum Gasteiger partial charge on any atom is 0.243 e. The summed E-state index contributed by atoms with van der Waals surface area (Å²) in [4.78, 5) is 38.3. The minimum absolute atomic E-state index is 0.0334. The van der Waals surface area contributed by atoms with Crippen LogP contribution >= 0.6 is 15.9 Å². The van der Waals surface area contributed by atoms with E-state index in [0.717, 1.165) is 43.1 Å². The third-order valence-corrected chi connectivity index (χ3v) is 5.69. The summed E-state index contributed by atoms with van der Waals surface area (Å²) in [6.07, 6.45) is 4.82. The second kappa shape index (κ2) is 12.6. The molecular formula is C21H31BrN4O3. The predicted octanol–water partition coefficient (Wildman–Crippen LogP) is 2.52. The van der Waals surface area contributed by atoms with Crippen LogP contribution in [-0.4, -0.2) is 55.3 Å². The van der Waals surface area contributed by atoms with E-state index in [1.54, 1.807) is 6.07 Å². The van der Waals surface area contributed by atoms with E-state index in [4.69, 9.17) is 0 Å². The van der Waals surface area contributed by atoms with Crippen molar-refractivity contribution in [3.8, 4) is 0 Å². The van der Waals surface area contributed by atoms with Crippen LogP contribution < -0.4 is 16.0 Å². The largest absolute Gasteiger partial charge is 0.356 e. The molecule has 3 amide bonds. The van der Waals surface area contributed by atoms with Crippen LogP contribution in [0.4, 0.5) is 5.69 Å². The first-order chi connectivity index (χ1) is 14.0. The number of anilines is 1. The fourth-order valence-electron chi connectivity index (χ4n) is 3.28. The molecular weight excluding hydrogens is 436 g/mol. The molecule has 7 nitrogen and oxygen atoms in total. The van der Waals surface area contributed by atoms with Crippen molar-refractivity contribution in [2.24, 2.45) is 5.92 Å². The summed E-state index contributed by atoms with van der Waals surface area (Å²) in [5.41, 5.74) is 0.668. The number of carbonyl (C=O) groups is 3. The fraction of sp³-hybridized carbons (Fsp3) is 0.571. The Kier molecular flexibility index (Phi) is 10.1. The highest BCUT2D eigenvalue weighted by Gasteiger charge is 2.25. The topological polar surface area (TPSA) is 90.5 Å². The van der Waals surface area contributed by atoms with E-state index in [1.807, 2.05) is 23.1 Å². The highest BCUT2D eigenvalue weighted by Crippen LogP contribution is 2.21. The summed E-state index contributed by atoms with van der Waals surface area (Å²) in [7, 11) is 0. The summed E-state index contributed by atoms with van der Waals surface area (Å²) < 4.78 is 0.789. The lowest BCUT2D eigenvalue weighted by molar-refractivity contribution is -0.127. The molecule has 1 fully saturated rings. The van der Waals surface area contributed by atoms with Gasteiger partial charge in [-0.2, -0.15) is 0 Å². The number of nitrogens with one attached hydrogen (secondary N) is 3. The van der Waals surface area contributed by atoms with Gasteiger partial charge in [0.05, 0.1) is 18.8 Å². The zero-order valence-electron chi connectivity index (χ0n) is 17.0. The van der Waals surface area contributed by atoms with E-state index in [0.29, 0.717) is 18.8 Å². The molecule has 1 aliphatic heterocycles. The zero-order valence-corrected chi connectivity index (χ0v) is 18.6. The van der Waals surface area contributed by atoms with Crippen LogP contribution in [0.3, 0.4) is 0 Å². The fourth-order valence-corrected chi connectivity index (χ4v) is 3.66. The summed E-state index contributed by atoms with van der Waals surface area (Å²) >= 11 is 3.37. The van der Waals surface area contributed by atoms with Crippen molar-refractivity contribution in [1.82, 2.24) is 15.5 Å². The average molecular weight is 467 g/mol. The molecule has 8 heteroatoms. The van der Waals surface area contributed by atoms with Crippen molar-refractivity contribution in [2.75, 3.05) is 38.0 Å². The standard InChI is InChI=1S/C21H31BrN4O3/c1-2-3-6-11-23-21(29)16-9-12-26(13-10-16)15-20(28)24-14-19(27)25-18-8-5-4-7-17(18)22/h4-5,7-8,16H,2-3,6,9-15H2,1H3,(H,23,29)(H,24,28)(H,25,27). The highest BCUT2D eigenvalue weighted by atomic mass is 79.9. The predicted molar refractivity (Wildman–Crippen MR) is 117 cm³/mol. The molecule has 0 aromatic heterocycles. The lowest BCUT2D eigenvalue weighted by Gasteiger charge is -2.30. The molecule has 160 valence electrons. The van der Waals surface area contributed by atoms with Crippen LogP contribution in [-0.2, 0) is 14.4 Å². The summed E-state index contributed by atoms with van der Waals surface area (Å²) in [6, 6.07) is 7.31. The average Bonchev–Trinajstić information content (AvgIpc) is 2.72. The number of hydrogen-bond acceptors (Lipinski definition) is 4. The Bertz CT molecular complexity index is 690. The summed E-state index contributed by atoms with van der Waals surface area (Å²) in [5.74, 6) is -0.293. The lowest BCUT2D eigenvalue weighted by Crippen LogP contribution is -2.45. The van der Waals surface area contributed by atoms with Crippen molar-refractivity contribution in [3.63, 3.8) is 0 Å². The second-order valence-corrected chi connectivity index (χ2v) is 8.21. The maximum absolute atomic E-state index is 12.2. The molecule has 0 spiro atoms. The van der Waals surface area contributed by atoms with Crippen LogP contribution in [0, 0.1) is 5.92 Å². The van der Waals surface area contributed by atoms with Crippen LogP contribution in [0.5, 0.6) is 0 Å². The van der Waals surface area contributed by atoms with Gasteiger partial charge in [-0.3, -0.25) is 19.3 Å². The van der Waals surface area contributed by atoms with E-state index in [2.05, 4.69) is 38.8 Å². The smallest absolute Gasteiger partial charge is 0.243 e. The number of piperidine rings is 1. The molecule has 0 radical (unpaired) electrons. The highest BCUT2D eigenvalue weighted by molar-refractivity contribution is 9.10. The minimum Gasteiger partial charge on any atom is -0.356 e. The van der Waals surface area contributed by atoms with E-state index in [-0.39, 0.29) is 36.7 Å². The maximum atomic E-state index is 12.2. The number of para-hydroxylation sites is 1. The molecule has 1 aliphatic rings. The number of rotatable bonds is 10. The number of hydrogen-bond donors (Lipinski definition) is 3. The first-order valence-electron chi connectivity index (χ1n) is 10.3. The van der Waals surface area contributed by atoms with Crippen LogP contribution in [0.15, 0.2) is 28.7 Å². The molecule has 3 N–H and O–H groups in total. The zero-order chi connectivity index (χ0) is 21.1. The van der Waals surface area contributed by atoms with Crippen molar-refractivity contribution >= 4 is 39.3 Å². The first-order valence-corrected chi connectivity index (χ1v) is 11.1. The molecule has 2 rings (SSSR count). The number of unbranched alkanes of at least 4 members (excludes halogenated alkanes) is 2. The monoisotopic (exact) mass is 466 g/mol. The third-order valence-electron chi connectivity index (χ3n) is 5.00.